The molecule has 0 heterocycles. The third kappa shape index (κ3) is 5.39. The third-order valence-corrected chi connectivity index (χ3v) is 0.237. The first-order valence-electron chi connectivity index (χ1n) is 1.43. The molecule has 0 aromatic carbocycles. The molecule has 0 aliphatic carbocycles. The highest BCUT2D eigenvalue weighted by molar-refractivity contribution is 6.31. The fourth-order valence-electron chi connectivity index (χ4n) is 0.0827. The van der Waals surface area contributed by atoms with E-state index in [0.29, 0.717) is 0 Å². The molecule has 0 fully saturated rings. The minimum absolute atomic E-state index is 1.03. The topological polar surface area (TPSA) is 49.4 Å². The van der Waals surface area contributed by atoms with Gasteiger partial charge < -0.3 is 0 Å². The van der Waals surface area contributed by atoms with E-state index in [2.05, 4.69) is 36.1 Å². The van der Waals surface area contributed by atoms with Gasteiger partial charge in [-0.1, -0.05) is 0 Å². The summed E-state index contributed by atoms with van der Waals surface area (Å²) in [6, 6.07) is 0. The van der Waals surface area contributed by atoms with Gasteiger partial charge in [0.2, 0.25) is 0 Å². The maximum atomic E-state index is 4.55. The van der Waals surface area contributed by atoms with Crippen LogP contribution in [-0.2, 0) is 0 Å². The Labute approximate surface area is 44.6 Å². The van der Waals surface area contributed by atoms with Crippen molar-refractivity contribution >= 4 is 23.5 Å². The summed E-state index contributed by atoms with van der Waals surface area (Å²) >= 11 is 0. The van der Waals surface area contributed by atoms with Gasteiger partial charge >= 0.3 is 7.55 Å². The average molecular weight is 88.5 g/mol. The molecule has 0 aliphatic rings. The van der Waals surface area contributed by atoms with Gasteiger partial charge in [-0.15, -0.1) is 0 Å². The van der Waals surface area contributed by atoms with Gasteiger partial charge in [0.05, 0.1) is 0 Å². The lowest BCUT2D eigenvalue weighted by Gasteiger charge is -1.70. The average Bonchev–Trinajstić information content (AvgIpc) is 1.69. The second kappa shape index (κ2) is 5.39. The highest BCUT2D eigenvalue weighted by atomic mass is 15.1. The van der Waals surface area contributed by atoms with Crippen LogP contribution in [0.2, 0.25) is 0 Å². The van der Waals surface area contributed by atoms with Crippen molar-refractivity contribution in [2.75, 3.05) is 0 Å². The smallest absolute Gasteiger partial charge is 0.286 e. The Balaban J connectivity index is 2.98. The fourth-order valence-corrected chi connectivity index (χ4v) is 0.0827. The number of hydrogen-bond donors (Lipinski definition) is 0. The zero-order valence-corrected chi connectivity index (χ0v) is 3.52. The standard InChI is InChI=1S/B3N4/c1-4-6-3-7-5-2. The lowest BCUT2D eigenvalue weighted by molar-refractivity contribution is 1.37. The molecule has 0 aromatic heterocycles. The third-order valence-electron chi connectivity index (χ3n) is 0.237. The highest BCUT2D eigenvalue weighted by Gasteiger charge is 1.73. The Kier molecular flexibility index (Phi) is 4.93. The van der Waals surface area contributed by atoms with Crippen molar-refractivity contribution in [2.24, 2.45) is 20.1 Å². The summed E-state index contributed by atoms with van der Waals surface area (Å²) in [4.78, 5) is 0. The zero-order valence-electron chi connectivity index (χ0n) is 3.52. The van der Waals surface area contributed by atoms with E-state index in [0.717, 1.165) is 7.55 Å². The molecule has 7 heavy (non-hydrogen) atoms. The Bertz CT molecular complexity index is 65.0. The van der Waals surface area contributed by atoms with Crippen molar-refractivity contribution in [1.82, 2.24) is 0 Å². The molecule has 0 aromatic rings. The molecule has 29 valence electrons. The summed E-state index contributed by atoms with van der Waals surface area (Å²) in [5, 5.41) is 11.9. The van der Waals surface area contributed by atoms with Gasteiger partial charge in [0.1, 0.15) is 0 Å². The monoisotopic (exact) mass is 89.0 g/mol. The molecule has 0 rings (SSSR count). The zero-order chi connectivity index (χ0) is 5.54. The molecule has 0 saturated carbocycles. The molecule has 0 saturated heterocycles. The van der Waals surface area contributed by atoms with Crippen LogP contribution in [0.15, 0.2) is 20.1 Å². The van der Waals surface area contributed by atoms with E-state index >= 15 is 0 Å². The van der Waals surface area contributed by atoms with Crippen molar-refractivity contribution in [1.29, 1.82) is 0 Å². The minimum Gasteiger partial charge on any atom is -0.286 e. The molecule has 7 heteroatoms. The Morgan fingerprint density at radius 2 is 1.43 bits per heavy atom. The highest BCUT2D eigenvalue weighted by Crippen LogP contribution is 1.67. The number of nitrogens with zero attached hydrogens (tertiary/aromatic N) is 4. The van der Waals surface area contributed by atoms with Crippen LogP contribution in [0.5, 0.6) is 0 Å². The second-order valence-corrected chi connectivity index (χ2v) is 0.577. The minimum atomic E-state index is 1.03. The Hall–Kier alpha value is -0.605. The van der Waals surface area contributed by atoms with Crippen LogP contribution in [0.1, 0.15) is 0 Å². The molecule has 0 amide bonds. The van der Waals surface area contributed by atoms with Crippen LogP contribution in [0.3, 0.4) is 0 Å². The van der Waals surface area contributed by atoms with Gasteiger partial charge in [0.15, 0.2) is 0 Å². The van der Waals surface area contributed by atoms with E-state index < -0.39 is 0 Å². The van der Waals surface area contributed by atoms with Gasteiger partial charge in [-0.3, -0.25) is 10.1 Å². The largest absolute Gasteiger partial charge is 0.480 e. The first-order valence-corrected chi connectivity index (χ1v) is 1.43. The second-order valence-electron chi connectivity index (χ2n) is 0.577. The van der Waals surface area contributed by atoms with E-state index in [4.69, 9.17) is 0 Å². The van der Waals surface area contributed by atoms with Crippen molar-refractivity contribution in [2.45, 2.75) is 0 Å². The molecule has 5 radical (unpaired) electrons. The van der Waals surface area contributed by atoms with Gasteiger partial charge in [0, 0.05) is 0 Å². The van der Waals surface area contributed by atoms with Crippen LogP contribution in [-0.4, -0.2) is 23.5 Å². The Morgan fingerprint density at radius 3 is 1.71 bits per heavy atom. The molecule has 0 N–H and O–H groups in total. The summed E-state index contributed by atoms with van der Waals surface area (Å²) < 4.78 is 0. The van der Waals surface area contributed by atoms with Crippen LogP contribution < -0.4 is 0 Å². The van der Waals surface area contributed by atoms with Gasteiger partial charge in [0.25, 0.3) is 16.0 Å². The molecular formula is B3N4. The van der Waals surface area contributed by atoms with E-state index in [1.54, 1.807) is 0 Å². The van der Waals surface area contributed by atoms with E-state index in [1.165, 1.54) is 0 Å². The lowest BCUT2D eigenvalue weighted by Crippen LogP contribution is -1.73. The molecular weight excluding hydrogens is 88.5 g/mol. The van der Waals surface area contributed by atoms with Crippen LogP contribution >= 0.6 is 0 Å². The first kappa shape index (κ1) is 6.39. The summed E-state index contributed by atoms with van der Waals surface area (Å²) in [7, 11) is 10.1. The quantitative estimate of drug-likeness (QED) is 0.326. The normalized spacial score (nSPS) is 10.9. The first-order chi connectivity index (χ1) is 3.41. The Morgan fingerprint density at radius 1 is 1.00 bits per heavy atom. The van der Waals surface area contributed by atoms with Crippen LogP contribution in [0.4, 0.5) is 0 Å². The maximum Gasteiger partial charge on any atom is 0.480 e. The van der Waals surface area contributed by atoms with Crippen molar-refractivity contribution < 1.29 is 0 Å². The maximum absolute atomic E-state index is 4.55. The van der Waals surface area contributed by atoms with Crippen molar-refractivity contribution in [3.05, 3.63) is 0 Å². The molecule has 4 nitrogen and oxygen atoms in total. The summed E-state index contributed by atoms with van der Waals surface area (Å²) in [5.41, 5.74) is 0. The molecule has 0 unspecified atom stereocenters. The fraction of sp³-hybridized carbons (Fsp3) is 0. The molecule has 0 spiro atoms. The number of rotatable bonds is 2. The van der Waals surface area contributed by atoms with Crippen LogP contribution in [0.25, 0.3) is 0 Å². The summed E-state index contributed by atoms with van der Waals surface area (Å²) in [6.07, 6.45) is 0. The van der Waals surface area contributed by atoms with E-state index in [1.807, 2.05) is 0 Å². The van der Waals surface area contributed by atoms with Crippen molar-refractivity contribution in [3.8, 4) is 0 Å². The summed E-state index contributed by atoms with van der Waals surface area (Å²) in [6.45, 7) is 0. The molecule has 0 atom stereocenters. The lowest BCUT2D eigenvalue weighted by atomic mass is 10.2. The predicted molar refractivity (Wildman–Crippen MR) is 27.0 cm³/mol. The van der Waals surface area contributed by atoms with Crippen LogP contribution in [0, 0.1) is 0 Å². The van der Waals surface area contributed by atoms with E-state index in [-0.39, 0.29) is 0 Å². The van der Waals surface area contributed by atoms with Crippen molar-refractivity contribution in [3.63, 3.8) is 0 Å². The SMILES string of the molecule is [B]N=N[B]N=N[B]. The van der Waals surface area contributed by atoms with Gasteiger partial charge in [-0.25, -0.2) is 10.1 Å². The molecule has 0 aliphatic heterocycles. The predicted octanol–water partition coefficient (Wildman–Crippen LogP) is -0.408. The number of hydrogen-bond acceptors (Lipinski definition) is 4. The van der Waals surface area contributed by atoms with Gasteiger partial charge in [-0.05, 0) is 0 Å². The summed E-state index contributed by atoms with van der Waals surface area (Å²) in [5.74, 6) is 0. The van der Waals surface area contributed by atoms with E-state index in [9.17, 15) is 0 Å². The van der Waals surface area contributed by atoms with Gasteiger partial charge in [-0.2, -0.15) is 0 Å². The molecule has 0 bridgehead atoms.